The Balaban J connectivity index is 0.000000490. The zero-order valence-corrected chi connectivity index (χ0v) is 5.78. The SMILES string of the molecule is CC1=[C-]CC=C1C.[Li+]. The summed E-state index contributed by atoms with van der Waals surface area (Å²) in [6.45, 7) is 4.22. The third-order valence-corrected chi connectivity index (χ3v) is 1.37. The van der Waals surface area contributed by atoms with Gasteiger partial charge in [0.15, 0.2) is 0 Å². The molecule has 0 amide bonds. The van der Waals surface area contributed by atoms with E-state index in [4.69, 9.17) is 0 Å². The topological polar surface area (TPSA) is 0 Å². The molecule has 1 heteroatoms. The first-order valence-corrected chi connectivity index (χ1v) is 2.55. The minimum absolute atomic E-state index is 0. The molecule has 0 heterocycles. The van der Waals surface area contributed by atoms with Crippen molar-refractivity contribution in [1.29, 1.82) is 0 Å². The predicted molar refractivity (Wildman–Crippen MR) is 30.8 cm³/mol. The van der Waals surface area contributed by atoms with Crippen LogP contribution in [0, 0.1) is 6.08 Å². The van der Waals surface area contributed by atoms with Crippen molar-refractivity contribution in [3.05, 3.63) is 23.3 Å². The third-order valence-electron chi connectivity index (χ3n) is 1.37. The van der Waals surface area contributed by atoms with Crippen LogP contribution in [0.15, 0.2) is 17.2 Å². The second-order valence-electron chi connectivity index (χ2n) is 1.89. The van der Waals surface area contributed by atoms with E-state index in [1.807, 2.05) is 0 Å². The van der Waals surface area contributed by atoms with Crippen molar-refractivity contribution in [2.75, 3.05) is 0 Å². The fourth-order valence-corrected chi connectivity index (χ4v) is 0.650. The van der Waals surface area contributed by atoms with Gasteiger partial charge < -0.3 is 0 Å². The summed E-state index contributed by atoms with van der Waals surface area (Å²) < 4.78 is 0. The van der Waals surface area contributed by atoms with E-state index >= 15 is 0 Å². The summed E-state index contributed by atoms with van der Waals surface area (Å²) >= 11 is 0. The van der Waals surface area contributed by atoms with Crippen LogP contribution >= 0.6 is 0 Å². The van der Waals surface area contributed by atoms with Gasteiger partial charge in [-0.1, -0.05) is 6.92 Å². The summed E-state index contributed by atoms with van der Waals surface area (Å²) in [5.74, 6) is 0. The van der Waals surface area contributed by atoms with E-state index in [9.17, 15) is 0 Å². The molecule has 0 nitrogen and oxygen atoms in total. The average Bonchev–Trinajstić information content (AvgIpc) is 1.91. The molecule has 0 aromatic rings. The van der Waals surface area contributed by atoms with Gasteiger partial charge >= 0.3 is 18.9 Å². The minimum atomic E-state index is 0. The normalized spacial score (nSPS) is 16.8. The summed E-state index contributed by atoms with van der Waals surface area (Å²) in [5.41, 5.74) is 2.71. The second-order valence-corrected chi connectivity index (χ2v) is 1.89. The molecule has 1 aliphatic carbocycles. The summed E-state index contributed by atoms with van der Waals surface area (Å²) in [7, 11) is 0. The van der Waals surface area contributed by atoms with E-state index in [2.05, 4.69) is 26.0 Å². The van der Waals surface area contributed by atoms with Crippen LogP contribution in [0.25, 0.3) is 0 Å². The molecule has 0 bridgehead atoms. The van der Waals surface area contributed by atoms with Gasteiger partial charge in [-0.2, -0.15) is 6.08 Å². The zero-order chi connectivity index (χ0) is 5.28. The average molecular weight is 100 g/mol. The van der Waals surface area contributed by atoms with Crippen molar-refractivity contribution in [3.8, 4) is 0 Å². The van der Waals surface area contributed by atoms with Crippen molar-refractivity contribution in [1.82, 2.24) is 0 Å². The molecular weight excluding hydrogens is 91.0 g/mol. The van der Waals surface area contributed by atoms with Crippen LogP contribution in [0.3, 0.4) is 0 Å². The second kappa shape index (κ2) is 3.17. The Labute approximate surface area is 62.8 Å². The molecule has 1 rings (SSSR count). The number of hydrogen-bond acceptors (Lipinski definition) is 0. The maximum absolute atomic E-state index is 3.19. The van der Waals surface area contributed by atoms with Crippen molar-refractivity contribution in [3.63, 3.8) is 0 Å². The van der Waals surface area contributed by atoms with Gasteiger partial charge in [-0.25, -0.2) is 11.1 Å². The van der Waals surface area contributed by atoms with E-state index in [1.165, 1.54) is 11.1 Å². The number of hydrogen-bond donors (Lipinski definition) is 0. The Morgan fingerprint density at radius 1 is 1.50 bits per heavy atom. The molecule has 0 atom stereocenters. The molecule has 8 heavy (non-hydrogen) atoms. The monoisotopic (exact) mass is 100 g/mol. The zero-order valence-electron chi connectivity index (χ0n) is 5.78. The summed E-state index contributed by atoms with van der Waals surface area (Å²) in [6.07, 6.45) is 6.41. The largest absolute Gasteiger partial charge is 1.00 e. The van der Waals surface area contributed by atoms with Crippen LogP contribution in [0.1, 0.15) is 20.3 Å². The molecule has 0 spiro atoms. The van der Waals surface area contributed by atoms with Gasteiger partial charge in [0.25, 0.3) is 0 Å². The van der Waals surface area contributed by atoms with Crippen molar-refractivity contribution in [2.45, 2.75) is 20.3 Å². The van der Waals surface area contributed by atoms with Crippen molar-refractivity contribution in [2.24, 2.45) is 0 Å². The molecule has 0 radical (unpaired) electrons. The maximum atomic E-state index is 3.19. The first kappa shape index (κ1) is 8.08. The number of rotatable bonds is 0. The summed E-state index contributed by atoms with van der Waals surface area (Å²) in [6, 6.07) is 0. The molecule has 0 aromatic heterocycles. The first-order chi connectivity index (χ1) is 3.30. The molecule has 0 saturated heterocycles. The smallest absolute Gasteiger partial charge is 0.270 e. The maximum Gasteiger partial charge on any atom is 1.00 e. The fraction of sp³-hybridized carbons (Fsp3) is 0.429. The van der Waals surface area contributed by atoms with Crippen LogP contribution in [0.2, 0.25) is 0 Å². The summed E-state index contributed by atoms with van der Waals surface area (Å²) in [5, 5.41) is 0. The molecular formula is C7H9Li. The molecule has 0 aromatic carbocycles. The van der Waals surface area contributed by atoms with Gasteiger partial charge in [0.1, 0.15) is 0 Å². The molecule has 0 saturated carbocycles. The molecule has 0 N–H and O–H groups in total. The minimum Gasteiger partial charge on any atom is -0.270 e. The van der Waals surface area contributed by atoms with Crippen LogP contribution in [0.4, 0.5) is 0 Å². The Morgan fingerprint density at radius 2 is 2.12 bits per heavy atom. The Kier molecular flexibility index (Phi) is 3.20. The van der Waals surface area contributed by atoms with E-state index in [-0.39, 0.29) is 18.9 Å². The number of allylic oxidation sites excluding steroid dienone is 4. The van der Waals surface area contributed by atoms with Crippen molar-refractivity contribution < 1.29 is 18.9 Å². The fourth-order valence-electron chi connectivity index (χ4n) is 0.650. The van der Waals surface area contributed by atoms with Gasteiger partial charge in [-0.15, -0.1) is 13.3 Å². The molecule has 38 valence electrons. The standard InChI is InChI=1S/C7H9.Li/c1-6-4-3-5-7(6)2;/h4H,3H2,1-2H3;/q-1;+1. The Hall–Kier alpha value is 0.0774. The molecule has 0 fully saturated rings. The van der Waals surface area contributed by atoms with Gasteiger partial charge in [-0.3, -0.25) is 6.08 Å². The van der Waals surface area contributed by atoms with Gasteiger partial charge in [-0.05, 0) is 0 Å². The van der Waals surface area contributed by atoms with Crippen LogP contribution in [0.5, 0.6) is 0 Å². The predicted octanol–water partition coefficient (Wildman–Crippen LogP) is -0.910. The van der Waals surface area contributed by atoms with Crippen molar-refractivity contribution >= 4 is 0 Å². The van der Waals surface area contributed by atoms with Gasteiger partial charge in [0, 0.05) is 0 Å². The molecule has 0 aliphatic heterocycles. The summed E-state index contributed by atoms with van der Waals surface area (Å²) in [4.78, 5) is 0. The van der Waals surface area contributed by atoms with Crippen LogP contribution in [-0.2, 0) is 0 Å². The van der Waals surface area contributed by atoms with Gasteiger partial charge in [0.05, 0.1) is 0 Å². The first-order valence-electron chi connectivity index (χ1n) is 2.55. The van der Waals surface area contributed by atoms with E-state index in [0.29, 0.717) is 0 Å². The van der Waals surface area contributed by atoms with Crippen LogP contribution in [-0.4, -0.2) is 0 Å². The third kappa shape index (κ3) is 1.54. The van der Waals surface area contributed by atoms with E-state index in [1.54, 1.807) is 0 Å². The molecule has 0 unspecified atom stereocenters. The Bertz CT molecular complexity index is 115. The van der Waals surface area contributed by atoms with Crippen LogP contribution < -0.4 is 18.9 Å². The Morgan fingerprint density at radius 3 is 2.25 bits per heavy atom. The molecule has 1 aliphatic rings. The van der Waals surface area contributed by atoms with E-state index < -0.39 is 0 Å². The van der Waals surface area contributed by atoms with E-state index in [0.717, 1.165) is 6.42 Å². The van der Waals surface area contributed by atoms with Gasteiger partial charge in [0.2, 0.25) is 0 Å². The quantitative estimate of drug-likeness (QED) is 0.273.